The van der Waals surface area contributed by atoms with Gasteiger partial charge in [-0.25, -0.2) is 8.78 Å². The average molecular weight is 206 g/mol. The zero-order valence-electron chi connectivity index (χ0n) is 6.72. The van der Waals surface area contributed by atoms with E-state index in [9.17, 15) is 13.6 Å². The molecule has 0 heterocycles. The lowest BCUT2D eigenvalue weighted by molar-refractivity contribution is 0.265. The van der Waals surface area contributed by atoms with E-state index in [1.807, 2.05) is 0 Å². The highest BCUT2D eigenvalue weighted by molar-refractivity contribution is 6.66. The van der Waals surface area contributed by atoms with Crippen LogP contribution in [-0.4, -0.2) is 12.4 Å². The van der Waals surface area contributed by atoms with Crippen LogP contribution in [0.3, 0.4) is 0 Å². The Balaban J connectivity index is 3.08. The first-order chi connectivity index (χ1) is 6.02. The summed E-state index contributed by atoms with van der Waals surface area (Å²) in [4.78, 5) is 11.5. The summed E-state index contributed by atoms with van der Waals surface area (Å²) in [6.07, 6.45) is 0. The molecule has 0 aliphatic rings. The van der Waals surface area contributed by atoms with Crippen LogP contribution in [0, 0.1) is 11.6 Å². The Hall–Kier alpha value is -1.16. The summed E-state index contributed by atoms with van der Waals surface area (Å²) in [5.74, 6) is -1.52. The molecule has 0 saturated heterocycles. The van der Waals surface area contributed by atoms with Gasteiger partial charge in [-0.05, 0) is 23.7 Å². The Kier molecular flexibility index (Phi) is 2.83. The van der Waals surface area contributed by atoms with Crippen LogP contribution in [0.4, 0.5) is 19.3 Å². The lowest BCUT2D eigenvalue weighted by atomic mass is 10.3. The van der Waals surface area contributed by atoms with E-state index in [0.717, 1.165) is 17.0 Å². The molecule has 1 rings (SSSR count). The quantitative estimate of drug-likeness (QED) is 0.510. The number of carbonyl (C=O) groups is 1. The van der Waals surface area contributed by atoms with Crippen molar-refractivity contribution in [1.29, 1.82) is 0 Å². The Morgan fingerprint density at radius 3 is 2.54 bits per heavy atom. The summed E-state index contributed by atoms with van der Waals surface area (Å²) in [5, 5.41) is -0.828. The van der Waals surface area contributed by atoms with Crippen molar-refractivity contribution in [1.82, 2.24) is 0 Å². The predicted octanol–water partition coefficient (Wildman–Crippen LogP) is 2.76. The molecule has 1 aromatic rings. The lowest BCUT2D eigenvalue weighted by Crippen LogP contribution is -2.20. The van der Waals surface area contributed by atoms with Crippen molar-refractivity contribution in [3.63, 3.8) is 0 Å². The van der Waals surface area contributed by atoms with Gasteiger partial charge in [0, 0.05) is 13.1 Å². The molecule has 0 N–H and O–H groups in total. The Morgan fingerprint density at radius 1 is 1.46 bits per heavy atom. The fourth-order valence-electron chi connectivity index (χ4n) is 0.848. The summed E-state index contributed by atoms with van der Waals surface area (Å²) in [5.41, 5.74) is -0.0543. The first-order valence-electron chi connectivity index (χ1n) is 3.40. The van der Waals surface area contributed by atoms with Crippen molar-refractivity contribution in [2.45, 2.75) is 0 Å². The van der Waals surface area contributed by atoms with Gasteiger partial charge in [-0.3, -0.25) is 9.69 Å². The maximum absolute atomic E-state index is 13.0. The van der Waals surface area contributed by atoms with Gasteiger partial charge in [-0.2, -0.15) is 0 Å². The van der Waals surface area contributed by atoms with Gasteiger partial charge in [0.05, 0.1) is 5.69 Å². The van der Waals surface area contributed by atoms with E-state index < -0.39 is 17.0 Å². The number of rotatable bonds is 1. The standard InChI is InChI=1S/C8H6ClF2NO/c1-12(8(9)13)7-3-2-5(10)4-6(7)11/h2-4H,1H3. The fourth-order valence-corrected chi connectivity index (χ4v) is 0.939. The molecule has 0 spiro atoms. The zero-order chi connectivity index (χ0) is 10.0. The molecule has 5 heteroatoms. The van der Waals surface area contributed by atoms with Gasteiger partial charge in [-0.1, -0.05) is 0 Å². The van der Waals surface area contributed by atoms with E-state index in [2.05, 4.69) is 0 Å². The molecular weight excluding hydrogens is 200 g/mol. The molecule has 0 aliphatic heterocycles. The van der Waals surface area contributed by atoms with E-state index in [0.29, 0.717) is 6.07 Å². The van der Waals surface area contributed by atoms with Crippen LogP contribution in [-0.2, 0) is 0 Å². The molecule has 2 nitrogen and oxygen atoms in total. The summed E-state index contributed by atoms with van der Waals surface area (Å²) < 4.78 is 25.4. The van der Waals surface area contributed by atoms with Crippen molar-refractivity contribution in [3.05, 3.63) is 29.8 Å². The van der Waals surface area contributed by atoms with Gasteiger partial charge >= 0.3 is 5.37 Å². The number of hydrogen-bond donors (Lipinski definition) is 0. The third-order valence-corrected chi connectivity index (χ3v) is 1.79. The molecular formula is C8H6ClF2NO. The van der Waals surface area contributed by atoms with E-state index in [-0.39, 0.29) is 5.69 Å². The summed E-state index contributed by atoms with van der Waals surface area (Å²) >= 11 is 5.10. The minimum absolute atomic E-state index is 0.0543. The molecule has 0 unspecified atom stereocenters. The molecule has 0 aliphatic carbocycles. The normalized spacial score (nSPS) is 9.85. The minimum atomic E-state index is -0.828. The number of hydrogen-bond acceptors (Lipinski definition) is 1. The maximum Gasteiger partial charge on any atom is 0.320 e. The van der Waals surface area contributed by atoms with Crippen LogP contribution >= 0.6 is 11.6 Å². The molecule has 70 valence electrons. The van der Waals surface area contributed by atoms with Crippen molar-refractivity contribution in [2.24, 2.45) is 0 Å². The first kappa shape index (κ1) is 9.92. The first-order valence-corrected chi connectivity index (χ1v) is 3.78. The SMILES string of the molecule is CN(C(=O)Cl)c1ccc(F)cc1F. The third kappa shape index (κ3) is 2.15. The van der Waals surface area contributed by atoms with Gasteiger partial charge in [0.1, 0.15) is 11.6 Å². The van der Waals surface area contributed by atoms with E-state index in [1.165, 1.54) is 7.05 Å². The number of nitrogens with zero attached hydrogens (tertiary/aromatic N) is 1. The third-order valence-electron chi connectivity index (χ3n) is 1.53. The van der Waals surface area contributed by atoms with Crippen LogP contribution in [0.1, 0.15) is 0 Å². The molecule has 0 saturated carbocycles. The van der Waals surface area contributed by atoms with E-state index >= 15 is 0 Å². The van der Waals surface area contributed by atoms with Crippen LogP contribution in [0.5, 0.6) is 0 Å². The molecule has 0 radical (unpaired) electrons. The van der Waals surface area contributed by atoms with Crippen LogP contribution in [0.15, 0.2) is 18.2 Å². The highest BCUT2D eigenvalue weighted by Crippen LogP contribution is 2.19. The Morgan fingerprint density at radius 2 is 2.08 bits per heavy atom. The van der Waals surface area contributed by atoms with Crippen molar-refractivity contribution >= 4 is 22.7 Å². The van der Waals surface area contributed by atoms with Gasteiger partial charge in [-0.15, -0.1) is 0 Å². The number of amides is 1. The van der Waals surface area contributed by atoms with Crippen LogP contribution < -0.4 is 4.90 Å². The van der Waals surface area contributed by atoms with Crippen LogP contribution in [0.25, 0.3) is 0 Å². The number of halogens is 3. The van der Waals surface area contributed by atoms with E-state index in [1.54, 1.807) is 0 Å². The summed E-state index contributed by atoms with van der Waals surface area (Å²) in [6.45, 7) is 0. The molecule has 0 atom stereocenters. The summed E-state index contributed by atoms with van der Waals surface area (Å²) in [6, 6.07) is 2.88. The van der Waals surface area contributed by atoms with E-state index in [4.69, 9.17) is 11.6 Å². The zero-order valence-corrected chi connectivity index (χ0v) is 7.48. The number of benzene rings is 1. The minimum Gasteiger partial charge on any atom is -0.299 e. The maximum atomic E-state index is 13.0. The van der Waals surface area contributed by atoms with Gasteiger partial charge in [0.15, 0.2) is 0 Å². The molecule has 1 amide bonds. The molecule has 0 bridgehead atoms. The van der Waals surface area contributed by atoms with Gasteiger partial charge < -0.3 is 0 Å². The summed E-state index contributed by atoms with van der Waals surface area (Å²) in [7, 11) is 1.30. The topological polar surface area (TPSA) is 20.3 Å². The molecule has 13 heavy (non-hydrogen) atoms. The molecule has 0 fully saturated rings. The largest absolute Gasteiger partial charge is 0.320 e. The number of anilines is 1. The number of carbonyl (C=O) groups excluding carboxylic acids is 1. The second kappa shape index (κ2) is 3.70. The Labute approximate surface area is 78.7 Å². The van der Waals surface area contributed by atoms with Crippen molar-refractivity contribution in [3.8, 4) is 0 Å². The highest BCUT2D eigenvalue weighted by atomic mass is 35.5. The molecule has 0 aromatic heterocycles. The Bertz CT molecular complexity index is 343. The second-order valence-electron chi connectivity index (χ2n) is 2.41. The predicted molar refractivity (Wildman–Crippen MR) is 46.0 cm³/mol. The lowest BCUT2D eigenvalue weighted by Gasteiger charge is -2.13. The molecule has 1 aromatic carbocycles. The van der Waals surface area contributed by atoms with Gasteiger partial charge in [0.2, 0.25) is 0 Å². The monoisotopic (exact) mass is 205 g/mol. The van der Waals surface area contributed by atoms with Crippen molar-refractivity contribution < 1.29 is 13.6 Å². The second-order valence-corrected chi connectivity index (χ2v) is 2.73. The smallest absolute Gasteiger partial charge is 0.299 e. The van der Waals surface area contributed by atoms with Gasteiger partial charge in [0.25, 0.3) is 0 Å². The van der Waals surface area contributed by atoms with Crippen LogP contribution in [0.2, 0.25) is 0 Å². The van der Waals surface area contributed by atoms with Crippen molar-refractivity contribution in [2.75, 3.05) is 11.9 Å². The average Bonchev–Trinajstić information content (AvgIpc) is 2.03. The fraction of sp³-hybridized carbons (Fsp3) is 0.125. The highest BCUT2D eigenvalue weighted by Gasteiger charge is 2.12.